The molecule has 0 radical (unpaired) electrons. The number of fused-ring (bicyclic) bond motifs is 1. The molecule has 2 aliphatic heterocycles. The third-order valence-electron chi connectivity index (χ3n) is 5.76. The zero-order valence-corrected chi connectivity index (χ0v) is 15.0. The number of carbonyl (C=O) groups excluding carboxylic acids is 1. The molecule has 0 bridgehead atoms. The van der Waals surface area contributed by atoms with Gasteiger partial charge >= 0.3 is 0 Å². The normalized spacial score (nSPS) is 23.2. The molecule has 2 saturated heterocycles. The van der Waals surface area contributed by atoms with E-state index in [0.29, 0.717) is 24.5 Å². The van der Waals surface area contributed by atoms with Crippen LogP contribution in [0.3, 0.4) is 0 Å². The second kappa shape index (κ2) is 7.12. The third-order valence-corrected chi connectivity index (χ3v) is 5.76. The first-order valence-electron chi connectivity index (χ1n) is 9.52. The number of imidazole rings is 1. The average molecular weight is 341 g/mol. The van der Waals surface area contributed by atoms with E-state index >= 15 is 0 Å². The fourth-order valence-corrected chi connectivity index (χ4v) is 4.24. The summed E-state index contributed by atoms with van der Waals surface area (Å²) < 4.78 is 2.21. The molecule has 2 aromatic rings. The fraction of sp³-hybridized carbons (Fsp3) is 0.632. The van der Waals surface area contributed by atoms with Crippen LogP contribution in [0.5, 0.6) is 0 Å². The zero-order valence-electron chi connectivity index (χ0n) is 15.0. The highest BCUT2D eigenvalue weighted by atomic mass is 16.2. The van der Waals surface area contributed by atoms with Crippen molar-refractivity contribution in [3.8, 4) is 0 Å². The van der Waals surface area contributed by atoms with Crippen molar-refractivity contribution in [2.24, 2.45) is 0 Å². The number of nitrogens with zero attached hydrogens (tertiary/aromatic N) is 5. The molecule has 6 nitrogen and oxygen atoms in total. The van der Waals surface area contributed by atoms with E-state index < -0.39 is 0 Å². The minimum absolute atomic E-state index is 0.306. The Hall–Kier alpha value is -1.95. The standard InChI is InChI=1S/C19H27N5O/c1-15-5-2-3-10-23(15)18(25)13-22-11-7-16(8-12-22)24-14-21-17-6-4-9-20-19(17)24/h4,6,9,14-16H,2-3,5,7-8,10-13H2,1H3. The van der Waals surface area contributed by atoms with Crippen molar-refractivity contribution >= 4 is 17.1 Å². The van der Waals surface area contributed by atoms with Crippen LogP contribution in [0.25, 0.3) is 11.2 Å². The Morgan fingerprint density at radius 1 is 1.16 bits per heavy atom. The Morgan fingerprint density at radius 2 is 2.00 bits per heavy atom. The van der Waals surface area contributed by atoms with E-state index in [2.05, 4.69) is 31.3 Å². The van der Waals surface area contributed by atoms with Gasteiger partial charge in [-0.15, -0.1) is 0 Å². The molecular formula is C19H27N5O. The van der Waals surface area contributed by atoms with Crippen molar-refractivity contribution < 1.29 is 4.79 Å². The SMILES string of the molecule is CC1CCCCN1C(=O)CN1CCC(n2cnc3cccnc32)CC1. The first-order chi connectivity index (χ1) is 12.2. The molecule has 4 heterocycles. The molecule has 1 atom stereocenters. The van der Waals surface area contributed by atoms with Crippen LogP contribution in [0.2, 0.25) is 0 Å². The second-order valence-corrected chi connectivity index (χ2v) is 7.44. The van der Waals surface area contributed by atoms with Crippen molar-refractivity contribution in [2.45, 2.75) is 51.1 Å². The third kappa shape index (κ3) is 3.40. The van der Waals surface area contributed by atoms with Crippen molar-refractivity contribution in [1.29, 1.82) is 0 Å². The van der Waals surface area contributed by atoms with Gasteiger partial charge in [-0.05, 0) is 51.2 Å². The Labute approximate surface area is 148 Å². The van der Waals surface area contributed by atoms with Gasteiger partial charge in [0.15, 0.2) is 5.65 Å². The number of pyridine rings is 1. The molecule has 0 saturated carbocycles. The molecule has 2 aliphatic rings. The molecule has 6 heteroatoms. The summed E-state index contributed by atoms with van der Waals surface area (Å²) in [6, 6.07) is 4.77. The Morgan fingerprint density at radius 3 is 2.80 bits per heavy atom. The lowest BCUT2D eigenvalue weighted by atomic mass is 10.0. The van der Waals surface area contributed by atoms with E-state index in [1.807, 2.05) is 24.7 Å². The molecule has 1 unspecified atom stereocenters. The lowest BCUT2D eigenvalue weighted by molar-refractivity contribution is -0.136. The molecule has 2 fully saturated rings. The summed E-state index contributed by atoms with van der Waals surface area (Å²) >= 11 is 0. The summed E-state index contributed by atoms with van der Waals surface area (Å²) in [5.41, 5.74) is 1.93. The lowest BCUT2D eigenvalue weighted by Crippen LogP contribution is -2.48. The highest BCUT2D eigenvalue weighted by Crippen LogP contribution is 2.26. The highest BCUT2D eigenvalue weighted by Gasteiger charge is 2.27. The predicted octanol–water partition coefficient (Wildman–Crippen LogP) is 2.47. The van der Waals surface area contributed by atoms with E-state index in [1.165, 1.54) is 6.42 Å². The molecule has 134 valence electrons. The van der Waals surface area contributed by atoms with Gasteiger partial charge < -0.3 is 9.47 Å². The topological polar surface area (TPSA) is 54.3 Å². The largest absolute Gasteiger partial charge is 0.339 e. The maximum absolute atomic E-state index is 12.6. The van der Waals surface area contributed by atoms with Gasteiger partial charge in [0.2, 0.25) is 5.91 Å². The Bertz CT molecular complexity index is 734. The van der Waals surface area contributed by atoms with Gasteiger partial charge in [-0.25, -0.2) is 9.97 Å². The number of rotatable bonds is 3. The van der Waals surface area contributed by atoms with Crippen molar-refractivity contribution in [2.75, 3.05) is 26.2 Å². The maximum atomic E-state index is 12.6. The molecule has 0 aromatic carbocycles. The van der Waals surface area contributed by atoms with E-state index in [9.17, 15) is 4.79 Å². The number of hydrogen-bond donors (Lipinski definition) is 0. The Balaban J connectivity index is 1.34. The maximum Gasteiger partial charge on any atom is 0.236 e. The summed E-state index contributed by atoms with van der Waals surface area (Å²) in [4.78, 5) is 26.0. The second-order valence-electron chi connectivity index (χ2n) is 7.44. The predicted molar refractivity (Wildman–Crippen MR) is 97.3 cm³/mol. The average Bonchev–Trinajstić information content (AvgIpc) is 3.07. The first-order valence-corrected chi connectivity index (χ1v) is 9.52. The van der Waals surface area contributed by atoms with Gasteiger partial charge in [0.05, 0.1) is 12.9 Å². The molecular weight excluding hydrogens is 314 g/mol. The number of hydrogen-bond acceptors (Lipinski definition) is 4. The molecule has 0 aliphatic carbocycles. The molecule has 4 rings (SSSR count). The fourth-order valence-electron chi connectivity index (χ4n) is 4.24. The van der Waals surface area contributed by atoms with Gasteiger partial charge in [0.25, 0.3) is 0 Å². The van der Waals surface area contributed by atoms with E-state index in [1.54, 1.807) is 0 Å². The van der Waals surface area contributed by atoms with Crippen LogP contribution in [-0.2, 0) is 4.79 Å². The quantitative estimate of drug-likeness (QED) is 0.861. The van der Waals surface area contributed by atoms with Crippen LogP contribution >= 0.6 is 0 Å². The number of likely N-dealkylation sites (tertiary alicyclic amines) is 2. The first kappa shape index (κ1) is 16.5. The summed E-state index contributed by atoms with van der Waals surface area (Å²) in [5.74, 6) is 0.306. The number of amides is 1. The van der Waals surface area contributed by atoms with Gasteiger partial charge in [-0.1, -0.05) is 0 Å². The smallest absolute Gasteiger partial charge is 0.236 e. The van der Waals surface area contributed by atoms with E-state index in [-0.39, 0.29) is 0 Å². The van der Waals surface area contributed by atoms with Crippen molar-refractivity contribution in [1.82, 2.24) is 24.3 Å². The van der Waals surface area contributed by atoms with Crippen LogP contribution in [-0.4, -0.2) is 62.5 Å². The van der Waals surface area contributed by atoms with Gasteiger partial charge in [-0.2, -0.15) is 0 Å². The molecule has 0 N–H and O–H groups in total. The summed E-state index contributed by atoms with van der Waals surface area (Å²) in [6.07, 6.45) is 9.39. The molecule has 2 aromatic heterocycles. The van der Waals surface area contributed by atoms with E-state index in [4.69, 9.17) is 0 Å². The monoisotopic (exact) mass is 341 g/mol. The number of piperidine rings is 2. The van der Waals surface area contributed by atoms with Crippen LogP contribution in [0.4, 0.5) is 0 Å². The van der Waals surface area contributed by atoms with Crippen LogP contribution < -0.4 is 0 Å². The zero-order chi connectivity index (χ0) is 17.2. The molecule has 1 amide bonds. The summed E-state index contributed by atoms with van der Waals surface area (Å²) in [7, 11) is 0. The number of carbonyl (C=O) groups is 1. The van der Waals surface area contributed by atoms with Gasteiger partial charge in [0.1, 0.15) is 5.52 Å². The van der Waals surface area contributed by atoms with Crippen LogP contribution in [0.1, 0.15) is 45.1 Å². The number of aromatic nitrogens is 3. The Kier molecular flexibility index (Phi) is 4.70. The molecule has 25 heavy (non-hydrogen) atoms. The summed E-state index contributed by atoms with van der Waals surface area (Å²) in [6.45, 7) is 5.61. The molecule has 0 spiro atoms. The minimum atomic E-state index is 0.306. The van der Waals surface area contributed by atoms with Crippen LogP contribution in [0.15, 0.2) is 24.7 Å². The van der Waals surface area contributed by atoms with Gasteiger partial charge in [0, 0.05) is 37.9 Å². The van der Waals surface area contributed by atoms with Crippen LogP contribution in [0, 0.1) is 0 Å². The van der Waals surface area contributed by atoms with Crippen molar-refractivity contribution in [3.05, 3.63) is 24.7 Å². The lowest BCUT2D eigenvalue weighted by Gasteiger charge is -2.37. The minimum Gasteiger partial charge on any atom is -0.339 e. The summed E-state index contributed by atoms with van der Waals surface area (Å²) in [5, 5.41) is 0. The highest BCUT2D eigenvalue weighted by molar-refractivity contribution is 5.78. The van der Waals surface area contributed by atoms with Crippen molar-refractivity contribution in [3.63, 3.8) is 0 Å². The van der Waals surface area contributed by atoms with E-state index in [0.717, 1.165) is 56.5 Å². The van der Waals surface area contributed by atoms with Gasteiger partial charge in [-0.3, -0.25) is 9.69 Å².